The average Bonchev–Trinajstić information content (AvgIpc) is 2.40. The Morgan fingerprint density at radius 1 is 1.22 bits per heavy atom. The number of nitrogens with two attached hydrogens (primary N) is 1. The first-order valence-corrected chi connectivity index (χ1v) is 6.78. The van der Waals surface area contributed by atoms with Crippen LogP contribution in [0.2, 0.25) is 0 Å². The Balaban J connectivity index is 2.68. The van der Waals surface area contributed by atoms with Gasteiger partial charge in [0.25, 0.3) is 0 Å². The highest BCUT2D eigenvalue weighted by molar-refractivity contribution is 5.83. The first-order valence-electron chi connectivity index (χ1n) is 6.78. The number of nitrogens with one attached hydrogen (secondary N) is 1. The van der Waals surface area contributed by atoms with Crippen LogP contribution in [0.1, 0.15) is 44.6 Å². The molecule has 0 bridgehead atoms. The third-order valence-corrected chi connectivity index (χ3v) is 3.28. The maximum atomic E-state index is 12.3. The molecule has 1 rings (SSSR count). The Bertz CT molecular complexity index is 351. The zero-order chi connectivity index (χ0) is 13.4. The van der Waals surface area contributed by atoms with Crippen LogP contribution >= 0.6 is 0 Å². The summed E-state index contributed by atoms with van der Waals surface area (Å²) in [5, 5.41) is 3.10. The van der Waals surface area contributed by atoms with Crippen molar-refractivity contribution in [3.8, 4) is 0 Å². The number of carbonyl (C=O) groups is 1. The van der Waals surface area contributed by atoms with Gasteiger partial charge in [-0.1, -0.05) is 44.2 Å². The van der Waals surface area contributed by atoms with Crippen LogP contribution in [0, 0.1) is 0 Å². The van der Waals surface area contributed by atoms with E-state index in [-0.39, 0.29) is 17.9 Å². The summed E-state index contributed by atoms with van der Waals surface area (Å²) in [6.07, 6.45) is 2.58. The molecule has 3 N–H and O–H groups in total. The number of carbonyl (C=O) groups excluding carboxylic acids is 1. The van der Waals surface area contributed by atoms with Gasteiger partial charge < -0.3 is 11.1 Å². The van der Waals surface area contributed by atoms with Crippen molar-refractivity contribution in [3.63, 3.8) is 0 Å². The van der Waals surface area contributed by atoms with Crippen LogP contribution in [-0.4, -0.2) is 18.5 Å². The number of hydrogen-bond donors (Lipinski definition) is 2. The summed E-state index contributed by atoms with van der Waals surface area (Å²) in [4.78, 5) is 12.3. The molecule has 3 nitrogen and oxygen atoms in total. The van der Waals surface area contributed by atoms with Crippen LogP contribution in [0.4, 0.5) is 0 Å². The molecule has 1 aromatic rings. The number of benzene rings is 1. The molecule has 0 aliphatic rings. The fraction of sp³-hybridized carbons (Fsp3) is 0.533. The number of amides is 1. The summed E-state index contributed by atoms with van der Waals surface area (Å²) in [5.41, 5.74) is 6.63. The maximum Gasteiger partial charge on any atom is 0.227 e. The SMILES string of the molecule is CCC(CCN)NC(=O)C(CC)c1ccccc1. The molecule has 0 spiro atoms. The normalized spacial score (nSPS) is 13.9. The minimum Gasteiger partial charge on any atom is -0.353 e. The Hall–Kier alpha value is -1.35. The Kier molecular flexibility index (Phi) is 6.44. The van der Waals surface area contributed by atoms with Crippen molar-refractivity contribution >= 4 is 5.91 Å². The van der Waals surface area contributed by atoms with Crippen molar-refractivity contribution in [3.05, 3.63) is 35.9 Å². The Morgan fingerprint density at radius 2 is 1.89 bits per heavy atom. The molecule has 100 valence electrons. The second-order valence-corrected chi connectivity index (χ2v) is 4.56. The summed E-state index contributed by atoms with van der Waals surface area (Å²) in [6.45, 7) is 4.73. The highest BCUT2D eigenvalue weighted by Crippen LogP contribution is 2.19. The number of rotatable bonds is 7. The van der Waals surface area contributed by atoms with Crippen molar-refractivity contribution < 1.29 is 4.79 Å². The van der Waals surface area contributed by atoms with Crippen LogP contribution < -0.4 is 11.1 Å². The molecule has 0 heterocycles. The highest BCUT2D eigenvalue weighted by atomic mass is 16.1. The van der Waals surface area contributed by atoms with Gasteiger partial charge in [-0.25, -0.2) is 0 Å². The van der Waals surface area contributed by atoms with Crippen molar-refractivity contribution in [2.75, 3.05) is 6.54 Å². The van der Waals surface area contributed by atoms with Crippen molar-refractivity contribution in [2.24, 2.45) is 5.73 Å². The third-order valence-electron chi connectivity index (χ3n) is 3.28. The van der Waals surface area contributed by atoms with Crippen LogP contribution in [0.3, 0.4) is 0 Å². The smallest absolute Gasteiger partial charge is 0.227 e. The van der Waals surface area contributed by atoms with Crippen molar-refractivity contribution in [1.29, 1.82) is 0 Å². The van der Waals surface area contributed by atoms with Gasteiger partial charge in [-0.3, -0.25) is 4.79 Å². The fourth-order valence-electron chi connectivity index (χ4n) is 2.14. The Morgan fingerprint density at radius 3 is 2.39 bits per heavy atom. The largest absolute Gasteiger partial charge is 0.353 e. The molecule has 0 radical (unpaired) electrons. The van der Waals surface area contributed by atoms with Gasteiger partial charge in [0.1, 0.15) is 0 Å². The van der Waals surface area contributed by atoms with Gasteiger partial charge in [-0.05, 0) is 31.4 Å². The molecule has 1 amide bonds. The zero-order valence-corrected chi connectivity index (χ0v) is 11.4. The molecule has 2 atom stereocenters. The number of hydrogen-bond acceptors (Lipinski definition) is 2. The fourth-order valence-corrected chi connectivity index (χ4v) is 2.14. The predicted molar refractivity (Wildman–Crippen MR) is 75.4 cm³/mol. The van der Waals surface area contributed by atoms with Crippen molar-refractivity contribution in [2.45, 2.75) is 45.1 Å². The second kappa shape index (κ2) is 7.88. The van der Waals surface area contributed by atoms with Crippen LogP contribution in [0.15, 0.2) is 30.3 Å². The second-order valence-electron chi connectivity index (χ2n) is 4.56. The van der Waals surface area contributed by atoms with E-state index < -0.39 is 0 Å². The molecule has 0 aliphatic heterocycles. The summed E-state index contributed by atoms with van der Waals surface area (Å²) >= 11 is 0. The lowest BCUT2D eigenvalue weighted by Crippen LogP contribution is -2.38. The lowest BCUT2D eigenvalue weighted by Gasteiger charge is -2.21. The molecule has 18 heavy (non-hydrogen) atoms. The van der Waals surface area contributed by atoms with E-state index in [1.807, 2.05) is 37.3 Å². The van der Waals surface area contributed by atoms with Gasteiger partial charge >= 0.3 is 0 Å². The van der Waals surface area contributed by atoms with E-state index in [9.17, 15) is 4.79 Å². The molecule has 0 saturated carbocycles. The van der Waals surface area contributed by atoms with E-state index >= 15 is 0 Å². The van der Waals surface area contributed by atoms with Gasteiger partial charge in [0.2, 0.25) is 5.91 Å². The average molecular weight is 248 g/mol. The standard InChI is InChI=1S/C15H24N2O/c1-3-13(10-11-16)17-15(18)14(4-2)12-8-6-5-7-9-12/h5-9,13-14H,3-4,10-11,16H2,1-2H3,(H,17,18). The minimum atomic E-state index is -0.0574. The summed E-state index contributed by atoms with van der Waals surface area (Å²) in [6, 6.07) is 10.1. The van der Waals surface area contributed by atoms with E-state index in [0.29, 0.717) is 6.54 Å². The summed E-state index contributed by atoms with van der Waals surface area (Å²) < 4.78 is 0. The van der Waals surface area contributed by atoms with E-state index in [1.54, 1.807) is 0 Å². The molecule has 0 fully saturated rings. The molecule has 0 aliphatic carbocycles. The van der Waals surface area contributed by atoms with Gasteiger partial charge in [0.15, 0.2) is 0 Å². The quantitative estimate of drug-likeness (QED) is 0.778. The van der Waals surface area contributed by atoms with E-state index in [1.165, 1.54) is 0 Å². The predicted octanol–water partition coefficient (Wildman–Crippen LogP) is 2.42. The van der Waals surface area contributed by atoms with E-state index in [0.717, 1.165) is 24.8 Å². The zero-order valence-electron chi connectivity index (χ0n) is 11.4. The lowest BCUT2D eigenvalue weighted by atomic mass is 9.95. The van der Waals surface area contributed by atoms with E-state index in [2.05, 4.69) is 12.2 Å². The van der Waals surface area contributed by atoms with Crippen LogP contribution in [0.25, 0.3) is 0 Å². The van der Waals surface area contributed by atoms with Gasteiger partial charge in [0.05, 0.1) is 5.92 Å². The monoisotopic (exact) mass is 248 g/mol. The molecular formula is C15H24N2O. The molecule has 1 aromatic carbocycles. The van der Waals surface area contributed by atoms with Crippen LogP contribution in [-0.2, 0) is 4.79 Å². The molecule has 2 unspecified atom stereocenters. The van der Waals surface area contributed by atoms with Gasteiger partial charge in [-0.2, -0.15) is 0 Å². The Labute approximate surface area is 110 Å². The van der Waals surface area contributed by atoms with Gasteiger partial charge in [-0.15, -0.1) is 0 Å². The topological polar surface area (TPSA) is 55.1 Å². The maximum absolute atomic E-state index is 12.3. The summed E-state index contributed by atoms with van der Waals surface area (Å²) in [5.74, 6) is 0.0574. The van der Waals surface area contributed by atoms with E-state index in [4.69, 9.17) is 5.73 Å². The molecule has 0 saturated heterocycles. The summed E-state index contributed by atoms with van der Waals surface area (Å²) in [7, 11) is 0. The highest BCUT2D eigenvalue weighted by Gasteiger charge is 2.20. The van der Waals surface area contributed by atoms with Gasteiger partial charge in [0, 0.05) is 6.04 Å². The van der Waals surface area contributed by atoms with Crippen LogP contribution in [0.5, 0.6) is 0 Å². The molecule has 3 heteroatoms. The molecule has 0 aromatic heterocycles. The minimum absolute atomic E-state index is 0.0574. The first kappa shape index (κ1) is 14.7. The first-order chi connectivity index (χ1) is 8.72. The lowest BCUT2D eigenvalue weighted by molar-refractivity contribution is -0.123. The molecular weight excluding hydrogens is 224 g/mol. The third kappa shape index (κ3) is 4.15. The van der Waals surface area contributed by atoms with Crippen molar-refractivity contribution in [1.82, 2.24) is 5.32 Å².